The van der Waals surface area contributed by atoms with Crippen LogP contribution < -0.4 is 4.72 Å². The fourth-order valence-electron chi connectivity index (χ4n) is 3.17. The van der Waals surface area contributed by atoms with Crippen LogP contribution in [0, 0.1) is 0 Å². The second-order valence-electron chi connectivity index (χ2n) is 6.59. The number of carbonyl (C=O) groups excluding carboxylic acids is 1. The van der Waals surface area contributed by atoms with Crippen LogP contribution >= 0.6 is 15.9 Å². The highest BCUT2D eigenvalue weighted by Gasteiger charge is 2.37. The van der Waals surface area contributed by atoms with Gasteiger partial charge in [0.2, 0.25) is 10.0 Å². The van der Waals surface area contributed by atoms with Crippen molar-refractivity contribution in [2.45, 2.75) is 19.4 Å². The number of hydrogen-bond acceptors (Lipinski definition) is 6. The van der Waals surface area contributed by atoms with Gasteiger partial charge in [-0.15, -0.1) is 0 Å². The minimum absolute atomic E-state index is 0.0547. The van der Waals surface area contributed by atoms with Crippen molar-refractivity contribution >= 4 is 43.3 Å². The van der Waals surface area contributed by atoms with Gasteiger partial charge in [-0.1, -0.05) is 18.2 Å². The highest BCUT2D eigenvalue weighted by Crippen LogP contribution is 2.36. The van der Waals surface area contributed by atoms with Crippen LogP contribution in [0.25, 0.3) is 0 Å². The van der Waals surface area contributed by atoms with E-state index >= 15 is 0 Å². The van der Waals surface area contributed by atoms with Gasteiger partial charge in [-0.25, -0.2) is 13.4 Å². The number of benzene rings is 1. The molecule has 0 spiro atoms. The molecule has 1 amide bonds. The lowest BCUT2D eigenvalue weighted by atomic mass is 10.0. The molecule has 0 radical (unpaired) electrons. The Morgan fingerprint density at radius 3 is 2.70 bits per heavy atom. The van der Waals surface area contributed by atoms with Crippen molar-refractivity contribution in [3.63, 3.8) is 0 Å². The smallest absolute Gasteiger partial charge is 0.310 e. The Hall–Kier alpha value is -2.85. The lowest BCUT2D eigenvalue weighted by Gasteiger charge is -2.18. The molecule has 0 bridgehead atoms. The Labute approximate surface area is 181 Å². The lowest BCUT2D eigenvalue weighted by molar-refractivity contribution is 0.0659. The number of nitrogens with zero attached hydrogens (tertiary/aromatic N) is 2. The number of sulfonamides is 1. The van der Waals surface area contributed by atoms with Gasteiger partial charge in [0.15, 0.2) is 10.4 Å². The van der Waals surface area contributed by atoms with E-state index in [0.717, 1.165) is 0 Å². The predicted octanol–water partition coefficient (Wildman–Crippen LogP) is 4.39. The normalized spacial score (nSPS) is 16.5. The molecule has 10 heteroatoms. The molecule has 0 saturated carbocycles. The van der Waals surface area contributed by atoms with Crippen LogP contribution in [0.4, 0.5) is 5.69 Å². The van der Waals surface area contributed by atoms with Gasteiger partial charge in [0.05, 0.1) is 23.4 Å². The minimum atomic E-state index is -3.48. The molecule has 156 valence electrons. The number of hydrazone groups is 1. The Morgan fingerprint density at radius 1 is 1.23 bits per heavy atom. The molecule has 1 atom stereocenters. The Bertz CT molecular complexity index is 1200. The molecule has 2 aromatic heterocycles. The number of nitrogens with one attached hydrogen (secondary N) is 1. The zero-order chi connectivity index (χ0) is 21.3. The zero-order valence-electron chi connectivity index (χ0n) is 15.9. The van der Waals surface area contributed by atoms with Crippen LogP contribution in [0.2, 0.25) is 0 Å². The maximum absolute atomic E-state index is 13.1. The minimum Gasteiger partial charge on any atom is -0.467 e. The van der Waals surface area contributed by atoms with Gasteiger partial charge in [0, 0.05) is 12.0 Å². The Morgan fingerprint density at radius 2 is 2.03 bits per heavy atom. The van der Waals surface area contributed by atoms with Crippen LogP contribution in [-0.4, -0.2) is 30.8 Å². The van der Waals surface area contributed by atoms with E-state index in [1.54, 1.807) is 55.5 Å². The van der Waals surface area contributed by atoms with Crippen molar-refractivity contribution in [3.05, 3.63) is 76.5 Å². The third-order valence-electron chi connectivity index (χ3n) is 4.66. The average Bonchev–Trinajstić information content (AvgIpc) is 3.48. The van der Waals surface area contributed by atoms with E-state index in [1.165, 1.54) is 11.3 Å². The molecule has 1 aliphatic heterocycles. The van der Waals surface area contributed by atoms with Gasteiger partial charge >= 0.3 is 5.91 Å². The summed E-state index contributed by atoms with van der Waals surface area (Å²) < 4.78 is 38.1. The van der Waals surface area contributed by atoms with E-state index in [4.69, 9.17) is 8.83 Å². The van der Waals surface area contributed by atoms with Crippen LogP contribution in [0.3, 0.4) is 0 Å². The van der Waals surface area contributed by atoms with Crippen molar-refractivity contribution in [3.8, 4) is 0 Å². The number of anilines is 1. The van der Waals surface area contributed by atoms with E-state index in [1.807, 2.05) is 0 Å². The molecule has 8 nitrogen and oxygen atoms in total. The third-order valence-corrected chi connectivity index (χ3v) is 6.37. The second-order valence-corrected chi connectivity index (χ2v) is 9.38. The summed E-state index contributed by atoms with van der Waals surface area (Å²) in [7, 11) is -3.48. The summed E-state index contributed by atoms with van der Waals surface area (Å²) in [5.41, 5.74) is 1.57. The van der Waals surface area contributed by atoms with Crippen molar-refractivity contribution in [1.29, 1.82) is 0 Å². The summed E-state index contributed by atoms with van der Waals surface area (Å²) in [5.74, 6) is 0.215. The third kappa shape index (κ3) is 4.05. The molecule has 1 aliphatic rings. The van der Waals surface area contributed by atoms with Crippen LogP contribution in [-0.2, 0) is 10.0 Å². The molecule has 0 saturated heterocycles. The molecule has 4 rings (SSSR count). The fourth-order valence-corrected chi connectivity index (χ4v) is 4.13. The highest BCUT2D eigenvalue weighted by molar-refractivity contribution is 9.10. The number of rotatable bonds is 6. The first-order chi connectivity index (χ1) is 14.4. The Kier molecular flexibility index (Phi) is 5.52. The first kappa shape index (κ1) is 20.4. The molecule has 3 aromatic rings. The summed E-state index contributed by atoms with van der Waals surface area (Å²) in [6.45, 7) is 1.56. The predicted molar refractivity (Wildman–Crippen MR) is 115 cm³/mol. The van der Waals surface area contributed by atoms with Gasteiger partial charge in [0.1, 0.15) is 11.8 Å². The summed E-state index contributed by atoms with van der Waals surface area (Å²) >= 11 is 3.20. The molecule has 0 fully saturated rings. The summed E-state index contributed by atoms with van der Waals surface area (Å²) in [6.07, 6.45) is 1.88. The average molecular weight is 492 g/mol. The molecular formula is C20H18BrN3O5S. The van der Waals surface area contributed by atoms with E-state index < -0.39 is 22.0 Å². The number of carbonyl (C=O) groups is 1. The van der Waals surface area contributed by atoms with E-state index in [2.05, 4.69) is 25.8 Å². The molecular weight excluding hydrogens is 474 g/mol. The van der Waals surface area contributed by atoms with Gasteiger partial charge in [-0.3, -0.25) is 9.52 Å². The molecule has 30 heavy (non-hydrogen) atoms. The van der Waals surface area contributed by atoms with Crippen molar-refractivity contribution in [2.24, 2.45) is 5.10 Å². The zero-order valence-corrected chi connectivity index (χ0v) is 18.3. The quantitative estimate of drug-likeness (QED) is 0.550. The van der Waals surface area contributed by atoms with Gasteiger partial charge in [-0.2, -0.15) is 5.10 Å². The van der Waals surface area contributed by atoms with E-state index in [0.29, 0.717) is 33.8 Å². The number of amides is 1. The molecule has 1 unspecified atom stereocenters. The van der Waals surface area contributed by atoms with Crippen LogP contribution in [0.5, 0.6) is 0 Å². The SMILES string of the molecule is CCS(=O)(=O)Nc1ccccc1C1=NN(C(=O)c2ccc(Br)o2)C(c2ccco2)C1. The standard InChI is InChI=1S/C20H18BrN3O5S/c1-2-30(26,27)23-14-7-4-3-6-13(14)15-12-16(17-8-5-11-28-17)24(22-15)20(25)18-9-10-19(21)29-18/h3-11,16,23H,2,12H2,1H3. The Balaban J connectivity index is 1.74. The maximum Gasteiger partial charge on any atom is 0.310 e. The first-order valence-electron chi connectivity index (χ1n) is 9.17. The maximum atomic E-state index is 13.1. The molecule has 1 N–H and O–H groups in total. The number of hydrogen-bond donors (Lipinski definition) is 1. The first-order valence-corrected chi connectivity index (χ1v) is 11.6. The van der Waals surface area contributed by atoms with Gasteiger partial charge in [-0.05, 0) is 53.2 Å². The van der Waals surface area contributed by atoms with Gasteiger partial charge < -0.3 is 8.83 Å². The molecule has 3 heterocycles. The number of halogens is 1. The van der Waals surface area contributed by atoms with Crippen LogP contribution in [0.1, 0.15) is 41.3 Å². The van der Waals surface area contributed by atoms with Crippen LogP contribution in [0.15, 0.2) is 73.4 Å². The summed E-state index contributed by atoms with van der Waals surface area (Å²) in [4.78, 5) is 13.1. The van der Waals surface area contributed by atoms with Crippen molar-refractivity contribution < 1.29 is 22.0 Å². The fraction of sp³-hybridized carbons (Fsp3) is 0.200. The number of furan rings is 2. The lowest BCUT2D eigenvalue weighted by Crippen LogP contribution is -2.26. The number of para-hydroxylation sites is 1. The monoisotopic (exact) mass is 491 g/mol. The largest absolute Gasteiger partial charge is 0.467 e. The topological polar surface area (TPSA) is 105 Å². The second kappa shape index (κ2) is 8.11. The van der Waals surface area contributed by atoms with Crippen molar-refractivity contribution in [1.82, 2.24) is 5.01 Å². The van der Waals surface area contributed by atoms with E-state index in [-0.39, 0.29) is 11.5 Å². The summed E-state index contributed by atoms with van der Waals surface area (Å²) in [5, 5.41) is 5.84. The molecule has 1 aromatic carbocycles. The van der Waals surface area contributed by atoms with Crippen molar-refractivity contribution in [2.75, 3.05) is 10.5 Å². The molecule has 0 aliphatic carbocycles. The summed E-state index contributed by atoms with van der Waals surface area (Å²) in [6, 6.07) is 13.2. The van der Waals surface area contributed by atoms with Gasteiger partial charge in [0.25, 0.3) is 0 Å². The van der Waals surface area contributed by atoms with E-state index in [9.17, 15) is 13.2 Å². The highest BCUT2D eigenvalue weighted by atomic mass is 79.9.